The number of carbonyl (C=O) groups is 1. The summed E-state index contributed by atoms with van der Waals surface area (Å²) >= 11 is 0. The molecule has 0 bridgehead atoms. The number of rotatable bonds is 5. The van der Waals surface area contributed by atoms with E-state index >= 15 is 0 Å². The molecule has 1 aromatic rings. The largest absolute Gasteiger partial charge is 0.378 e. The molecular weight excluding hydrogens is 240 g/mol. The van der Waals surface area contributed by atoms with Crippen LogP contribution in [0.1, 0.15) is 30.9 Å². The third kappa shape index (κ3) is 4.33. The van der Waals surface area contributed by atoms with Crippen molar-refractivity contribution in [1.82, 2.24) is 10.6 Å². The topological polar surface area (TPSA) is 61.4 Å². The number of aliphatic hydroxyl groups excluding tert-OH is 1. The third-order valence-corrected chi connectivity index (χ3v) is 3.61. The Morgan fingerprint density at radius 1 is 1.42 bits per heavy atom. The lowest BCUT2D eigenvalue weighted by Crippen LogP contribution is -2.34. The molecule has 2 rings (SSSR count). The van der Waals surface area contributed by atoms with E-state index in [1.165, 1.54) is 12.8 Å². The van der Waals surface area contributed by atoms with Crippen molar-refractivity contribution in [2.24, 2.45) is 5.92 Å². The van der Waals surface area contributed by atoms with Crippen LogP contribution in [0.2, 0.25) is 0 Å². The molecule has 1 aliphatic heterocycles. The lowest BCUT2D eigenvalue weighted by atomic mass is 9.96. The molecule has 1 fully saturated rings. The van der Waals surface area contributed by atoms with E-state index in [2.05, 4.69) is 10.6 Å². The van der Waals surface area contributed by atoms with Crippen molar-refractivity contribution < 1.29 is 9.90 Å². The normalized spacial score (nSPS) is 20.8. The molecule has 2 atom stereocenters. The number of amides is 1. The molecule has 1 saturated heterocycles. The first kappa shape index (κ1) is 14.0. The fourth-order valence-corrected chi connectivity index (χ4v) is 2.45. The second-order valence-corrected chi connectivity index (χ2v) is 5.11. The minimum Gasteiger partial charge on any atom is -0.378 e. The van der Waals surface area contributed by atoms with Crippen LogP contribution in [0.3, 0.4) is 0 Å². The highest BCUT2D eigenvalue weighted by atomic mass is 16.3. The molecule has 0 saturated carbocycles. The summed E-state index contributed by atoms with van der Waals surface area (Å²) in [5.74, 6) is 0.331. The molecule has 0 radical (unpaired) electrons. The minimum atomic E-state index is -1.06. The van der Waals surface area contributed by atoms with Gasteiger partial charge in [0, 0.05) is 6.54 Å². The van der Waals surface area contributed by atoms with Gasteiger partial charge in [-0.25, -0.2) is 0 Å². The van der Waals surface area contributed by atoms with Gasteiger partial charge in [0.05, 0.1) is 0 Å². The number of piperidine rings is 1. The van der Waals surface area contributed by atoms with Gasteiger partial charge in [0.1, 0.15) is 0 Å². The number of nitrogens with one attached hydrogen (secondary N) is 2. The summed E-state index contributed by atoms with van der Waals surface area (Å²) < 4.78 is 0. The lowest BCUT2D eigenvalue weighted by molar-refractivity contribution is -0.129. The Hall–Kier alpha value is -1.39. The van der Waals surface area contributed by atoms with Crippen molar-refractivity contribution in [2.45, 2.75) is 25.4 Å². The summed E-state index contributed by atoms with van der Waals surface area (Å²) in [7, 11) is 0. The average molecular weight is 262 g/mol. The van der Waals surface area contributed by atoms with E-state index in [1.54, 1.807) is 12.1 Å². The summed E-state index contributed by atoms with van der Waals surface area (Å²) in [4.78, 5) is 11.8. The summed E-state index contributed by atoms with van der Waals surface area (Å²) in [6.07, 6.45) is 2.35. The Bertz CT molecular complexity index is 388. The molecule has 0 aliphatic carbocycles. The van der Waals surface area contributed by atoms with Gasteiger partial charge in [-0.05, 0) is 43.8 Å². The summed E-state index contributed by atoms with van der Waals surface area (Å²) in [6.45, 7) is 2.78. The van der Waals surface area contributed by atoms with Crippen LogP contribution in [-0.2, 0) is 4.79 Å². The van der Waals surface area contributed by atoms with Gasteiger partial charge in [-0.2, -0.15) is 0 Å². The molecule has 1 amide bonds. The number of aliphatic hydroxyl groups is 1. The number of benzene rings is 1. The van der Waals surface area contributed by atoms with Crippen LogP contribution in [0.15, 0.2) is 30.3 Å². The smallest absolute Gasteiger partial charge is 0.253 e. The molecule has 4 heteroatoms. The highest BCUT2D eigenvalue weighted by molar-refractivity contribution is 5.81. The minimum absolute atomic E-state index is 0.310. The third-order valence-electron chi connectivity index (χ3n) is 3.61. The summed E-state index contributed by atoms with van der Waals surface area (Å²) in [6, 6.07) is 9.02. The van der Waals surface area contributed by atoms with Crippen molar-refractivity contribution in [3.05, 3.63) is 35.9 Å². The van der Waals surface area contributed by atoms with Crippen LogP contribution in [0.4, 0.5) is 0 Å². The van der Waals surface area contributed by atoms with E-state index in [1.807, 2.05) is 18.2 Å². The molecule has 0 aromatic heterocycles. The van der Waals surface area contributed by atoms with Gasteiger partial charge in [-0.3, -0.25) is 4.79 Å². The first-order chi connectivity index (χ1) is 9.27. The maximum absolute atomic E-state index is 11.8. The van der Waals surface area contributed by atoms with E-state index in [4.69, 9.17) is 0 Å². The maximum atomic E-state index is 11.8. The van der Waals surface area contributed by atoms with Crippen LogP contribution >= 0.6 is 0 Å². The molecule has 2 unspecified atom stereocenters. The standard InChI is InChI=1S/C15H22N2O2/c18-14(13-6-2-1-3-7-13)15(19)17-10-8-12-5-4-9-16-11-12/h1-3,6-7,12,14,16,18H,4-5,8-11H2,(H,17,19). The second-order valence-electron chi connectivity index (χ2n) is 5.11. The Morgan fingerprint density at radius 3 is 2.89 bits per heavy atom. The predicted octanol–water partition coefficient (Wildman–Crippen LogP) is 1.23. The molecule has 19 heavy (non-hydrogen) atoms. The first-order valence-corrected chi connectivity index (χ1v) is 6.99. The Morgan fingerprint density at radius 2 is 2.21 bits per heavy atom. The Kier molecular flexibility index (Phi) is 5.36. The first-order valence-electron chi connectivity index (χ1n) is 6.99. The molecule has 4 nitrogen and oxygen atoms in total. The second kappa shape index (κ2) is 7.26. The van der Waals surface area contributed by atoms with Crippen LogP contribution in [0.5, 0.6) is 0 Å². The Balaban J connectivity index is 1.72. The van der Waals surface area contributed by atoms with Gasteiger partial charge < -0.3 is 15.7 Å². The van der Waals surface area contributed by atoms with Crippen molar-refractivity contribution in [1.29, 1.82) is 0 Å². The molecule has 0 spiro atoms. The van der Waals surface area contributed by atoms with Gasteiger partial charge in [0.2, 0.25) is 0 Å². The zero-order chi connectivity index (χ0) is 13.5. The van der Waals surface area contributed by atoms with Gasteiger partial charge in [0.25, 0.3) is 5.91 Å². The van der Waals surface area contributed by atoms with Crippen LogP contribution in [0, 0.1) is 5.92 Å². The molecule has 3 N–H and O–H groups in total. The van der Waals surface area contributed by atoms with Crippen LogP contribution in [0.25, 0.3) is 0 Å². The summed E-state index contributed by atoms with van der Waals surface area (Å²) in [5, 5.41) is 16.1. The van der Waals surface area contributed by atoms with E-state index in [-0.39, 0.29) is 5.91 Å². The Labute approximate surface area is 114 Å². The highest BCUT2D eigenvalue weighted by Crippen LogP contribution is 2.14. The van der Waals surface area contributed by atoms with E-state index in [0.717, 1.165) is 19.5 Å². The fourth-order valence-electron chi connectivity index (χ4n) is 2.45. The molecule has 1 heterocycles. The van der Waals surface area contributed by atoms with Crippen molar-refractivity contribution in [3.8, 4) is 0 Å². The van der Waals surface area contributed by atoms with Crippen LogP contribution < -0.4 is 10.6 Å². The van der Waals surface area contributed by atoms with Crippen molar-refractivity contribution in [3.63, 3.8) is 0 Å². The van der Waals surface area contributed by atoms with E-state index in [9.17, 15) is 9.90 Å². The quantitative estimate of drug-likeness (QED) is 0.748. The zero-order valence-corrected chi connectivity index (χ0v) is 11.1. The maximum Gasteiger partial charge on any atom is 0.253 e. The van der Waals surface area contributed by atoms with E-state index < -0.39 is 6.10 Å². The SMILES string of the molecule is O=C(NCCC1CCCNC1)C(O)c1ccccc1. The summed E-state index contributed by atoms with van der Waals surface area (Å²) in [5.41, 5.74) is 0.638. The number of hydrogen-bond donors (Lipinski definition) is 3. The van der Waals surface area contributed by atoms with Gasteiger partial charge >= 0.3 is 0 Å². The number of hydrogen-bond acceptors (Lipinski definition) is 3. The predicted molar refractivity (Wildman–Crippen MR) is 74.6 cm³/mol. The molecule has 1 aliphatic rings. The monoisotopic (exact) mass is 262 g/mol. The molecule has 1 aromatic carbocycles. The highest BCUT2D eigenvalue weighted by Gasteiger charge is 2.17. The van der Waals surface area contributed by atoms with Gasteiger partial charge in [0.15, 0.2) is 6.10 Å². The zero-order valence-electron chi connectivity index (χ0n) is 11.1. The van der Waals surface area contributed by atoms with Crippen molar-refractivity contribution in [2.75, 3.05) is 19.6 Å². The average Bonchev–Trinajstić information content (AvgIpc) is 2.48. The fraction of sp³-hybridized carbons (Fsp3) is 0.533. The van der Waals surface area contributed by atoms with Gasteiger partial charge in [-0.15, -0.1) is 0 Å². The number of carbonyl (C=O) groups excluding carboxylic acids is 1. The van der Waals surface area contributed by atoms with E-state index in [0.29, 0.717) is 18.0 Å². The van der Waals surface area contributed by atoms with Crippen molar-refractivity contribution >= 4 is 5.91 Å². The molecular formula is C15H22N2O2. The van der Waals surface area contributed by atoms with Gasteiger partial charge in [-0.1, -0.05) is 30.3 Å². The lowest BCUT2D eigenvalue weighted by Gasteiger charge is -2.22. The molecule has 104 valence electrons. The van der Waals surface area contributed by atoms with Crippen LogP contribution in [-0.4, -0.2) is 30.6 Å².